The average molecular weight is 232 g/mol. The number of carbonyl (C=O) groups excluding carboxylic acids is 1. The Morgan fingerprint density at radius 1 is 1.35 bits per heavy atom. The molecule has 1 amide bonds. The molecule has 1 aromatic rings. The summed E-state index contributed by atoms with van der Waals surface area (Å²) in [4.78, 5) is 11.7. The maximum atomic E-state index is 11.7. The number of hydrogen-bond acceptors (Lipinski definition) is 2. The normalized spacial score (nSPS) is 22.2. The highest BCUT2D eigenvalue weighted by molar-refractivity contribution is 5.82. The third kappa shape index (κ3) is 3.22. The van der Waals surface area contributed by atoms with Crippen LogP contribution in [0.3, 0.4) is 0 Å². The van der Waals surface area contributed by atoms with E-state index in [1.807, 2.05) is 30.3 Å². The van der Waals surface area contributed by atoms with Crippen molar-refractivity contribution in [3.63, 3.8) is 0 Å². The van der Waals surface area contributed by atoms with E-state index in [1.54, 1.807) is 0 Å². The van der Waals surface area contributed by atoms with E-state index < -0.39 is 0 Å². The van der Waals surface area contributed by atoms with E-state index in [4.69, 9.17) is 0 Å². The second-order valence-corrected chi connectivity index (χ2v) is 5.36. The van der Waals surface area contributed by atoms with Crippen molar-refractivity contribution in [2.45, 2.75) is 32.2 Å². The first kappa shape index (κ1) is 12.0. The molecule has 1 aliphatic heterocycles. The molecule has 92 valence electrons. The van der Waals surface area contributed by atoms with Crippen molar-refractivity contribution in [2.75, 3.05) is 11.9 Å². The van der Waals surface area contributed by atoms with Gasteiger partial charge in [0.1, 0.15) is 0 Å². The number of benzene rings is 1. The van der Waals surface area contributed by atoms with Gasteiger partial charge in [0, 0.05) is 23.7 Å². The average Bonchev–Trinajstić information content (AvgIpc) is 2.53. The molecule has 1 atom stereocenters. The van der Waals surface area contributed by atoms with Gasteiger partial charge in [0.25, 0.3) is 0 Å². The smallest absolute Gasteiger partial charge is 0.223 e. The minimum Gasteiger partial charge on any atom is -0.385 e. The van der Waals surface area contributed by atoms with Crippen LogP contribution in [0.5, 0.6) is 0 Å². The van der Waals surface area contributed by atoms with Gasteiger partial charge in [0.15, 0.2) is 0 Å². The second kappa shape index (κ2) is 4.78. The molecule has 0 aromatic heterocycles. The fourth-order valence-electron chi connectivity index (χ4n) is 2.38. The van der Waals surface area contributed by atoms with Crippen LogP contribution in [0.25, 0.3) is 0 Å². The first-order chi connectivity index (χ1) is 8.07. The first-order valence-corrected chi connectivity index (χ1v) is 6.18. The fourth-order valence-corrected chi connectivity index (χ4v) is 2.38. The van der Waals surface area contributed by atoms with Crippen LogP contribution >= 0.6 is 0 Å². The van der Waals surface area contributed by atoms with Gasteiger partial charge >= 0.3 is 0 Å². The largest absolute Gasteiger partial charge is 0.385 e. The molecule has 3 nitrogen and oxygen atoms in total. The number of anilines is 1. The number of hydrogen-bond donors (Lipinski definition) is 2. The highest BCUT2D eigenvalue weighted by Crippen LogP contribution is 2.26. The Labute approximate surface area is 103 Å². The van der Waals surface area contributed by atoms with E-state index in [2.05, 4.69) is 24.5 Å². The summed E-state index contributed by atoms with van der Waals surface area (Å²) in [5.74, 6) is 0.353. The summed E-state index contributed by atoms with van der Waals surface area (Å²) in [7, 11) is 0. The highest BCUT2D eigenvalue weighted by Gasteiger charge is 2.36. The standard InChI is InChI=1S/C14H20N2O/c1-14(2)10-11(13(17)16-14)8-9-15-12-6-4-3-5-7-12/h3-7,11,15H,8-10H2,1-2H3,(H,16,17). The Hall–Kier alpha value is -1.51. The topological polar surface area (TPSA) is 41.1 Å². The number of amides is 1. The van der Waals surface area contributed by atoms with Gasteiger partial charge in [-0.1, -0.05) is 18.2 Å². The quantitative estimate of drug-likeness (QED) is 0.837. The van der Waals surface area contributed by atoms with E-state index in [-0.39, 0.29) is 17.4 Å². The van der Waals surface area contributed by atoms with Crippen LogP contribution in [0, 0.1) is 5.92 Å². The van der Waals surface area contributed by atoms with Crippen LogP contribution < -0.4 is 10.6 Å². The summed E-state index contributed by atoms with van der Waals surface area (Å²) in [6, 6.07) is 10.1. The number of carbonyl (C=O) groups is 1. The molecule has 0 saturated carbocycles. The summed E-state index contributed by atoms with van der Waals surface area (Å²) in [6.45, 7) is 5.00. The second-order valence-electron chi connectivity index (χ2n) is 5.36. The van der Waals surface area contributed by atoms with Gasteiger partial charge in [0.2, 0.25) is 5.91 Å². The molecule has 2 N–H and O–H groups in total. The Kier molecular flexibility index (Phi) is 3.36. The Morgan fingerprint density at radius 2 is 2.06 bits per heavy atom. The van der Waals surface area contributed by atoms with E-state index in [0.717, 1.165) is 25.1 Å². The van der Waals surface area contributed by atoms with Gasteiger partial charge < -0.3 is 10.6 Å². The zero-order chi connectivity index (χ0) is 12.3. The molecule has 1 heterocycles. The number of para-hydroxylation sites is 1. The highest BCUT2D eigenvalue weighted by atomic mass is 16.2. The summed E-state index contributed by atoms with van der Waals surface area (Å²) >= 11 is 0. The summed E-state index contributed by atoms with van der Waals surface area (Å²) in [5, 5.41) is 6.36. The van der Waals surface area contributed by atoms with Crippen molar-refractivity contribution in [1.82, 2.24) is 5.32 Å². The molecule has 0 spiro atoms. The van der Waals surface area contributed by atoms with Crippen LogP contribution in [0.2, 0.25) is 0 Å². The molecule has 1 aliphatic rings. The van der Waals surface area contributed by atoms with Crippen molar-refractivity contribution in [2.24, 2.45) is 5.92 Å². The maximum absolute atomic E-state index is 11.7. The van der Waals surface area contributed by atoms with Crippen molar-refractivity contribution in [1.29, 1.82) is 0 Å². The summed E-state index contributed by atoms with van der Waals surface area (Å²) in [6.07, 6.45) is 1.83. The molecule has 17 heavy (non-hydrogen) atoms. The van der Waals surface area contributed by atoms with Gasteiger partial charge in [-0.05, 0) is 38.8 Å². The molecule has 1 unspecified atom stereocenters. The van der Waals surface area contributed by atoms with E-state index in [1.165, 1.54) is 0 Å². The summed E-state index contributed by atoms with van der Waals surface area (Å²) in [5.41, 5.74) is 1.08. The van der Waals surface area contributed by atoms with Crippen molar-refractivity contribution in [3.8, 4) is 0 Å². The van der Waals surface area contributed by atoms with E-state index in [9.17, 15) is 4.79 Å². The van der Waals surface area contributed by atoms with Crippen LogP contribution in [0.15, 0.2) is 30.3 Å². The lowest BCUT2D eigenvalue weighted by Crippen LogP contribution is -2.34. The lowest BCUT2D eigenvalue weighted by Gasteiger charge is -2.16. The Bertz CT molecular complexity index is 386. The molecule has 2 rings (SSSR count). The lowest BCUT2D eigenvalue weighted by atomic mass is 9.94. The fraction of sp³-hybridized carbons (Fsp3) is 0.500. The zero-order valence-electron chi connectivity index (χ0n) is 10.5. The SMILES string of the molecule is CC1(C)CC(CCNc2ccccc2)C(=O)N1. The molecule has 1 aromatic carbocycles. The third-order valence-electron chi connectivity index (χ3n) is 3.18. The lowest BCUT2D eigenvalue weighted by molar-refractivity contribution is -0.122. The molecule has 0 aliphatic carbocycles. The van der Waals surface area contributed by atoms with Crippen LogP contribution in [0.1, 0.15) is 26.7 Å². The predicted octanol–water partition coefficient (Wildman–Crippen LogP) is 2.40. The Morgan fingerprint density at radius 3 is 2.65 bits per heavy atom. The molecule has 0 radical (unpaired) electrons. The molecule has 1 saturated heterocycles. The molecule has 0 bridgehead atoms. The number of rotatable bonds is 4. The van der Waals surface area contributed by atoms with Crippen molar-refractivity contribution in [3.05, 3.63) is 30.3 Å². The van der Waals surface area contributed by atoms with Gasteiger partial charge in [-0.2, -0.15) is 0 Å². The third-order valence-corrected chi connectivity index (χ3v) is 3.18. The van der Waals surface area contributed by atoms with Crippen molar-refractivity contribution >= 4 is 11.6 Å². The van der Waals surface area contributed by atoms with Crippen molar-refractivity contribution < 1.29 is 4.79 Å². The number of nitrogens with one attached hydrogen (secondary N) is 2. The van der Waals surface area contributed by atoms with Gasteiger partial charge in [0.05, 0.1) is 0 Å². The van der Waals surface area contributed by atoms with E-state index >= 15 is 0 Å². The molecule has 3 heteroatoms. The predicted molar refractivity (Wildman–Crippen MR) is 69.9 cm³/mol. The van der Waals surface area contributed by atoms with Gasteiger partial charge in [-0.25, -0.2) is 0 Å². The van der Waals surface area contributed by atoms with Gasteiger partial charge in [-0.3, -0.25) is 4.79 Å². The summed E-state index contributed by atoms with van der Waals surface area (Å²) < 4.78 is 0. The Balaban J connectivity index is 1.78. The van der Waals surface area contributed by atoms with Crippen LogP contribution in [0.4, 0.5) is 5.69 Å². The van der Waals surface area contributed by atoms with Crippen LogP contribution in [-0.2, 0) is 4.79 Å². The minimum absolute atomic E-state index is 0.0332. The molecular formula is C14H20N2O. The maximum Gasteiger partial charge on any atom is 0.223 e. The van der Waals surface area contributed by atoms with E-state index in [0.29, 0.717) is 0 Å². The minimum atomic E-state index is -0.0332. The van der Waals surface area contributed by atoms with Gasteiger partial charge in [-0.15, -0.1) is 0 Å². The van der Waals surface area contributed by atoms with Crippen LogP contribution in [-0.4, -0.2) is 18.0 Å². The monoisotopic (exact) mass is 232 g/mol. The zero-order valence-corrected chi connectivity index (χ0v) is 10.5. The molecular weight excluding hydrogens is 212 g/mol. The molecule has 1 fully saturated rings. The first-order valence-electron chi connectivity index (χ1n) is 6.18.